The molecule has 0 unspecified atom stereocenters. The van der Waals surface area contributed by atoms with Crippen LogP contribution in [-0.2, 0) is 6.18 Å². The van der Waals surface area contributed by atoms with Crippen molar-refractivity contribution in [2.75, 3.05) is 5.73 Å². The van der Waals surface area contributed by atoms with Gasteiger partial charge < -0.3 is 14.6 Å². The molecule has 5 rings (SSSR count). The molecule has 7 nitrogen and oxygen atoms in total. The standard InChI is InChI=1S/C15H14F3N.C10H2O6/c1-9-3-5-12(10(2)7-9)13-6-4-11(19)8-14(13)15(16,17)18;11-7-3-1-4-6(10(14)16-8(4)12)2-5(3)9(13)15-7/h3-8H,19H2,1-2H3;1-2H. The maximum absolute atomic E-state index is 13.1. The Bertz CT molecular complexity index is 1660. The first-order valence-electron chi connectivity index (χ1n) is 10.1. The number of furan rings is 2. The second-order valence-corrected chi connectivity index (χ2v) is 7.92. The summed E-state index contributed by atoms with van der Waals surface area (Å²) in [6.45, 7) is 3.71. The van der Waals surface area contributed by atoms with Gasteiger partial charge in [-0.1, -0.05) is 29.8 Å². The van der Waals surface area contributed by atoms with Gasteiger partial charge in [-0.2, -0.15) is 13.2 Å². The van der Waals surface area contributed by atoms with Crippen LogP contribution in [0, 0.1) is 13.8 Å². The first-order valence-corrected chi connectivity index (χ1v) is 10.1. The van der Waals surface area contributed by atoms with Crippen LogP contribution in [0.5, 0.6) is 0 Å². The summed E-state index contributed by atoms with van der Waals surface area (Å²) in [4.78, 5) is 44.7. The van der Waals surface area contributed by atoms with Crippen LogP contribution in [0.1, 0.15) is 16.7 Å². The fourth-order valence-corrected chi connectivity index (χ4v) is 3.81. The molecule has 0 fully saturated rings. The monoisotopic (exact) mass is 483 g/mol. The Balaban J connectivity index is 0.000000167. The Kier molecular flexibility index (Phi) is 5.68. The van der Waals surface area contributed by atoms with E-state index in [0.717, 1.165) is 29.3 Å². The molecule has 0 aliphatic rings. The zero-order valence-electron chi connectivity index (χ0n) is 18.3. The quantitative estimate of drug-likeness (QED) is 0.357. The maximum Gasteiger partial charge on any atom is 0.417 e. The molecule has 3 aromatic carbocycles. The zero-order valence-corrected chi connectivity index (χ0v) is 18.3. The summed E-state index contributed by atoms with van der Waals surface area (Å²) in [6, 6.07) is 11.6. The topological polar surface area (TPSA) is 121 Å². The van der Waals surface area contributed by atoms with Crippen molar-refractivity contribution in [1.82, 2.24) is 0 Å². The summed E-state index contributed by atoms with van der Waals surface area (Å²) >= 11 is 0. The highest BCUT2D eigenvalue weighted by Gasteiger charge is 2.34. The van der Waals surface area contributed by atoms with Gasteiger partial charge in [0.25, 0.3) is 0 Å². The van der Waals surface area contributed by atoms with Gasteiger partial charge in [0.05, 0.1) is 27.1 Å². The van der Waals surface area contributed by atoms with E-state index in [1.54, 1.807) is 19.1 Å². The molecule has 5 aromatic rings. The second kappa shape index (κ2) is 8.39. The molecule has 0 atom stereocenters. The van der Waals surface area contributed by atoms with Crippen LogP contribution >= 0.6 is 0 Å². The van der Waals surface area contributed by atoms with Crippen LogP contribution in [0.25, 0.3) is 32.7 Å². The summed E-state index contributed by atoms with van der Waals surface area (Å²) < 4.78 is 47.9. The van der Waals surface area contributed by atoms with Gasteiger partial charge in [-0.3, -0.25) is 0 Å². The van der Waals surface area contributed by atoms with Gasteiger partial charge in [-0.05, 0) is 54.8 Å². The van der Waals surface area contributed by atoms with Gasteiger partial charge in [0, 0.05) is 5.69 Å². The molecule has 0 spiro atoms. The number of hydrogen-bond donors (Lipinski definition) is 1. The number of nitrogen functional groups attached to an aromatic ring is 1. The van der Waals surface area contributed by atoms with Crippen molar-refractivity contribution in [3.8, 4) is 11.1 Å². The average Bonchev–Trinajstić information content (AvgIpc) is 3.21. The third-order valence-electron chi connectivity index (χ3n) is 5.43. The highest BCUT2D eigenvalue weighted by atomic mass is 19.4. The van der Waals surface area contributed by atoms with Crippen molar-refractivity contribution in [1.29, 1.82) is 0 Å². The minimum atomic E-state index is -4.41. The fraction of sp³-hybridized carbons (Fsp3) is 0.120. The highest BCUT2D eigenvalue weighted by molar-refractivity contribution is 5.96. The predicted molar refractivity (Wildman–Crippen MR) is 124 cm³/mol. The van der Waals surface area contributed by atoms with Crippen molar-refractivity contribution < 1.29 is 22.0 Å². The number of halogens is 3. The van der Waals surface area contributed by atoms with Crippen molar-refractivity contribution >= 4 is 27.2 Å². The number of nitrogens with two attached hydrogens (primary N) is 1. The summed E-state index contributed by atoms with van der Waals surface area (Å²) in [5.41, 5.74) is 4.17. The molecular weight excluding hydrogens is 467 g/mol. The number of aryl methyl sites for hydroxylation is 2. The summed E-state index contributed by atoms with van der Waals surface area (Å²) in [5, 5.41) is -0.0726. The van der Waals surface area contributed by atoms with Crippen molar-refractivity contribution in [2.45, 2.75) is 20.0 Å². The van der Waals surface area contributed by atoms with Gasteiger partial charge in [0.15, 0.2) is 0 Å². The smallest absolute Gasteiger partial charge is 0.399 e. The van der Waals surface area contributed by atoms with Crippen LogP contribution in [0.4, 0.5) is 18.9 Å². The van der Waals surface area contributed by atoms with E-state index in [2.05, 4.69) is 8.83 Å². The first kappa shape index (κ1) is 23.7. The minimum Gasteiger partial charge on any atom is -0.399 e. The molecule has 178 valence electrons. The van der Waals surface area contributed by atoms with Crippen molar-refractivity contribution in [3.05, 3.63) is 107 Å². The molecule has 2 heterocycles. The maximum atomic E-state index is 13.1. The van der Waals surface area contributed by atoms with E-state index in [1.165, 1.54) is 12.1 Å². The number of benzene rings is 3. The van der Waals surface area contributed by atoms with Gasteiger partial charge in [0.1, 0.15) is 0 Å². The molecule has 0 amide bonds. The zero-order chi connectivity index (χ0) is 25.7. The Hall–Kier alpha value is -4.47. The van der Waals surface area contributed by atoms with E-state index in [9.17, 15) is 32.3 Å². The molecule has 0 aliphatic heterocycles. The summed E-state index contributed by atoms with van der Waals surface area (Å²) in [7, 11) is 0. The van der Waals surface area contributed by atoms with Crippen LogP contribution in [0.15, 0.2) is 76.5 Å². The lowest BCUT2D eigenvalue weighted by Crippen LogP contribution is -2.08. The third kappa shape index (κ3) is 4.37. The number of rotatable bonds is 1. The van der Waals surface area contributed by atoms with E-state index < -0.39 is 34.2 Å². The van der Waals surface area contributed by atoms with Gasteiger partial charge >= 0.3 is 28.7 Å². The predicted octanol–water partition coefficient (Wildman–Crippen LogP) is 4.07. The van der Waals surface area contributed by atoms with E-state index >= 15 is 0 Å². The lowest BCUT2D eigenvalue weighted by Gasteiger charge is -2.15. The Morgan fingerprint density at radius 1 is 0.657 bits per heavy atom. The van der Waals surface area contributed by atoms with E-state index in [4.69, 9.17) is 5.73 Å². The number of hydrogen-bond acceptors (Lipinski definition) is 7. The van der Waals surface area contributed by atoms with Gasteiger partial charge in [0.2, 0.25) is 0 Å². The normalized spacial score (nSPS) is 11.6. The molecule has 0 aliphatic carbocycles. The first-order chi connectivity index (χ1) is 16.4. The molecule has 0 saturated carbocycles. The third-order valence-corrected chi connectivity index (χ3v) is 5.43. The van der Waals surface area contributed by atoms with E-state index in [1.807, 2.05) is 13.0 Å². The summed E-state index contributed by atoms with van der Waals surface area (Å²) in [5.74, 6) is 0. The Morgan fingerprint density at radius 2 is 1.11 bits per heavy atom. The van der Waals surface area contributed by atoms with Crippen molar-refractivity contribution in [2.24, 2.45) is 0 Å². The van der Waals surface area contributed by atoms with Crippen LogP contribution in [0.2, 0.25) is 0 Å². The van der Waals surface area contributed by atoms with E-state index in [0.29, 0.717) is 5.56 Å². The number of anilines is 1. The Labute approximate surface area is 193 Å². The highest BCUT2D eigenvalue weighted by Crippen LogP contribution is 2.39. The van der Waals surface area contributed by atoms with Gasteiger partial charge in [-0.25, -0.2) is 19.2 Å². The molecule has 35 heavy (non-hydrogen) atoms. The molecule has 0 radical (unpaired) electrons. The van der Waals surface area contributed by atoms with Crippen LogP contribution in [0.3, 0.4) is 0 Å². The Morgan fingerprint density at radius 3 is 1.54 bits per heavy atom. The largest absolute Gasteiger partial charge is 0.417 e. The second-order valence-electron chi connectivity index (χ2n) is 7.92. The SMILES string of the molecule is Cc1ccc(-c2ccc(N)cc2C(F)(F)F)c(C)c1.O=c1oc(=O)c2cc3c(=O)oc(=O)c3cc12. The molecule has 2 N–H and O–H groups in total. The average molecular weight is 483 g/mol. The minimum absolute atomic E-state index is 0.0181. The van der Waals surface area contributed by atoms with Crippen molar-refractivity contribution in [3.63, 3.8) is 0 Å². The molecule has 10 heteroatoms. The molecule has 2 aromatic heterocycles. The lowest BCUT2D eigenvalue weighted by molar-refractivity contribution is -0.137. The fourth-order valence-electron chi connectivity index (χ4n) is 3.81. The molecule has 0 bridgehead atoms. The molecular formula is C25H16F3NO6. The van der Waals surface area contributed by atoms with Gasteiger partial charge in [-0.15, -0.1) is 0 Å². The van der Waals surface area contributed by atoms with Crippen LogP contribution in [-0.4, -0.2) is 0 Å². The summed E-state index contributed by atoms with van der Waals surface area (Å²) in [6.07, 6.45) is -4.41. The number of alkyl halides is 3. The number of fused-ring (bicyclic) bond motifs is 2. The molecule has 0 saturated heterocycles. The lowest BCUT2D eigenvalue weighted by atomic mass is 9.94. The van der Waals surface area contributed by atoms with Crippen LogP contribution < -0.4 is 28.2 Å². The van der Waals surface area contributed by atoms with E-state index in [-0.39, 0.29) is 32.8 Å².